The van der Waals surface area contributed by atoms with Crippen molar-refractivity contribution in [2.45, 2.75) is 6.92 Å². The zero-order chi connectivity index (χ0) is 44.5. The van der Waals surface area contributed by atoms with Gasteiger partial charge in [-0.2, -0.15) is 27.0 Å². The van der Waals surface area contributed by atoms with Crippen molar-refractivity contribution in [1.29, 1.82) is 0 Å². The molecule has 5 aromatic carbocycles. The summed E-state index contributed by atoms with van der Waals surface area (Å²) in [6, 6.07) is 26.3. The highest BCUT2D eigenvalue weighted by Gasteiger charge is 2.34. The number of para-hydroxylation sites is 1. The predicted molar refractivity (Wildman–Crippen MR) is 230 cm³/mol. The number of Topliss-reactive ketones (excluding diaryl/α,β-unsaturated/α-hetero) is 2. The first kappa shape index (κ1) is 42.2. The van der Waals surface area contributed by atoms with Crippen LogP contribution in [0.3, 0.4) is 0 Å². The molecule has 0 fully saturated rings. The van der Waals surface area contributed by atoms with Crippen LogP contribution in [0, 0.1) is 6.92 Å². The second kappa shape index (κ2) is 16.6. The lowest BCUT2D eigenvalue weighted by Crippen LogP contribution is -2.27. The van der Waals surface area contributed by atoms with E-state index in [0.717, 1.165) is 12.2 Å². The lowest BCUT2D eigenvalue weighted by molar-refractivity contribution is 0.0697. The maximum atomic E-state index is 13.5. The molecule has 0 spiro atoms. The van der Waals surface area contributed by atoms with Crippen LogP contribution in [-0.2, 0) is 20.2 Å². The normalized spacial score (nSPS) is 14.9. The van der Waals surface area contributed by atoms with E-state index in [1.807, 2.05) is 0 Å². The van der Waals surface area contributed by atoms with Crippen molar-refractivity contribution >= 4 is 95.9 Å². The van der Waals surface area contributed by atoms with Crippen LogP contribution in [0.5, 0.6) is 0 Å². The average molecular weight is 875 g/mol. The van der Waals surface area contributed by atoms with E-state index < -0.39 is 70.8 Å². The molecule has 0 unspecified atom stereocenters. The number of carbonyl (C=O) groups is 5. The van der Waals surface area contributed by atoms with Crippen LogP contribution in [0.2, 0.25) is 0 Å². The van der Waals surface area contributed by atoms with Gasteiger partial charge in [-0.05, 0) is 115 Å². The molecule has 0 atom stereocenters. The second-order valence-corrected chi connectivity index (χ2v) is 16.3. The topological polar surface area (TPSA) is 287 Å². The Hall–Kier alpha value is -7.91. The SMILES string of the molecule is Cc1cc(C(=O)Nc2ccc3c(c2)C=C(S(=O)(=O)O)C(=NNc2ccccc2C(=O)O)C3=O)ccc1NN=C1C(=O)c2ccc(NC(=O)c3ccccc3)cc2C=C1S(=O)(=O)O. The number of anilines is 4. The fraction of sp³-hybridized carbons (Fsp3) is 0.0238. The number of aryl methyl sites for hydroxylation is 1. The molecule has 5 aromatic rings. The molecule has 0 aromatic heterocycles. The quantitative estimate of drug-likeness (QED) is 0.0593. The lowest BCUT2D eigenvalue weighted by Gasteiger charge is -2.18. The van der Waals surface area contributed by atoms with Gasteiger partial charge in [0.25, 0.3) is 32.1 Å². The van der Waals surface area contributed by atoms with E-state index in [4.69, 9.17) is 0 Å². The third-order valence-corrected chi connectivity index (χ3v) is 11.1. The first-order chi connectivity index (χ1) is 29.4. The average Bonchev–Trinajstić information content (AvgIpc) is 3.22. The Balaban J connectivity index is 1.08. The molecule has 7 N–H and O–H groups in total. The van der Waals surface area contributed by atoms with Gasteiger partial charge in [-0.25, -0.2) is 4.79 Å². The number of ketones is 2. The summed E-state index contributed by atoms with van der Waals surface area (Å²) in [5.74, 6) is -4.17. The summed E-state index contributed by atoms with van der Waals surface area (Å²) in [4.78, 5) is 62.9. The van der Waals surface area contributed by atoms with Gasteiger partial charge < -0.3 is 15.7 Å². The molecule has 0 saturated heterocycles. The predicted octanol–water partition coefficient (Wildman–Crippen LogP) is 5.98. The number of nitrogens with zero attached hydrogens (tertiary/aromatic N) is 2. The number of hydrazone groups is 2. The Labute approximate surface area is 351 Å². The summed E-state index contributed by atoms with van der Waals surface area (Å²) in [5, 5.41) is 22.6. The molecule has 62 heavy (non-hydrogen) atoms. The van der Waals surface area contributed by atoms with Crippen molar-refractivity contribution in [2.24, 2.45) is 10.2 Å². The van der Waals surface area contributed by atoms with Gasteiger partial charge in [0, 0.05) is 33.6 Å². The largest absolute Gasteiger partial charge is 0.478 e. The van der Waals surface area contributed by atoms with Crippen LogP contribution >= 0.6 is 0 Å². The zero-order valence-electron chi connectivity index (χ0n) is 31.8. The van der Waals surface area contributed by atoms with Crippen molar-refractivity contribution in [1.82, 2.24) is 0 Å². The number of carboxylic acids is 1. The first-order valence-corrected chi connectivity index (χ1v) is 20.8. The highest BCUT2D eigenvalue weighted by atomic mass is 32.2. The Bertz CT molecular complexity index is 3140. The van der Waals surface area contributed by atoms with Gasteiger partial charge in [0.15, 0.2) is 11.4 Å². The lowest BCUT2D eigenvalue weighted by atomic mass is 9.94. The maximum absolute atomic E-state index is 13.5. The number of carboxylic acid groups (broad SMARTS) is 1. The Morgan fingerprint density at radius 1 is 0.565 bits per heavy atom. The number of hydrogen-bond acceptors (Lipinski definition) is 13. The van der Waals surface area contributed by atoms with Crippen LogP contribution in [0.1, 0.15) is 68.5 Å². The van der Waals surface area contributed by atoms with Gasteiger partial charge in [-0.15, -0.1) is 0 Å². The van der Waals surface area contributed by atoms with Gasteiger partial charge >= 0.3 is 5.97 Å². The minimum absolute atomic E-state index is 0.00798. The monoisotopic (exact) mass is 874 g/mol. The van der Waals surface area contributed by atoms with E-state index in [0.29, 0.717) is 11.1 Å². The molecule has 2 aliphatic rings. The second-order valence-electron chi connectivity index (χ2n) is 13.5. The summed E-state index contributed by atoms with van der Waals surface area (Å²) in [7, 11) is -10.0. The number of fused-ring (bicyclic) bond motifs is 2. The fourth-order valence-electron chi connectivity index (χ4n) is 6.36. The number of carbonyl (C=O) groups excluding carboxylic acids is 4. The van der Waals surface area contributed by atoms with E-state index in [2.05, 4.69) is 31.7 Å². The van der Waals surface area contributed by atoms with Crippen LogP contribution in [0.25, 0.3) is 12.2 Å². The van der Waals surface area contributed by atoms with Gasteiger partial charge in [-0.3, -0.25) is 39.1 Å². The number of hydrogen-bond donors (Lipinski definition) is 7. The molecule has 18 nitrogen and oxygen atoms in total. The molecule has 0 aliphatic heterocycles. The molecule has 0 heterocycles. The summed E-state index contributed by atoms with van der Waals surface area (Å²) in [6.07, 6.45) is 2.02. The molecule has 312 valence electrons. The molecule has 0 saturated carbocycles. The highest BCUT2D eigenvalue weighted by Crippen LogP contribution is 2.31. The van der Waals surface area contributed by atoms with Crippen LogP contribution in [0.4, 0.5) is 22.7 Å². The van der Waals surface area contributed by atoms with Crippen molar-refractivity contribution < 1.29 is 55.0 Å². The fourth-order valence-corrected chi connectivity index (χ4v) is 7.68. The molecule has 7 rings (SSSR count). The van der Waals surface area contributed by atoms with Crippen molar-refractivity contribution in [3.63, 3.8) is 0 Å². The van der Waals surface area contributed by atoms with Crippen molar-refractivity contribution in [3.05, 3.63) is 164 Å². The molecular formula is C42H30N6O12S2. The number of nitrogens with one attached hydrogen (secondary N) is 4. The van der Waals surface area contributed by atoms with E-state index in [1.54, 1.807) is 37.3 Å². The maximum Gasteiger partial charge on any atom is 0.337 e. The summed E-state index contributed by atoms with van der Waals surface area (Å²) >= 11 is 0. The highest BCUT2D eigenvalue weighted by molar-refractivity contribution is 7.91. The Morgan fingerprint density at radius 3 is 1.55 bits per heavy atom. The first-order valence-electron chi connectivity index (χ1n) is 17.9. The third-order valence-electron chi connectivity index (χ3n) is 9.39. The number of allylic oxidation sites excluding steroid dienone is 2. The summed E-state index contributed by atoms with van der Waals surface area (Å²) in [6.45, 7) is 1.59. The van der Waals surface area contributed by atoms with Crippen LogP contribution < -0.4 is 21.5 Å². The van der Waals surface area contributed by atoms with Crippen LogP contribution in [-0.4, -0.2) is 71.8 Å². The van der Waals surface area contributed by atoms with E-state index in [-0.39, 0.29) is 56.1 Å². The molecular weight excluding hydrogens is 845 g/mol. The molecule has 0 bridgehead atoms. The van der Waals surface area contributed by atoms with E-state index >= 15 is 0 Å². The third kappa shape index (κ3) is 8.83. The van der Waals surface area contributed by atoms with Crippen molar-refractivity contribution in [3.8, 4) is 0 Å². The van der Waals surface area contributed by atoms with Gasteiger partial charge in [-0.1, -0.05) is 30.3 Å². The van der Waals surface area contributed by atoms with E-state index in [1.165, 1.54) is 78.9 Å². The standard InChI is InChI=1S/C42H30N6O12S2/c1-22-17-24(41(52)44-28-13-15-30-26(19-28)21-35(62(58,59)60)37(39(30)50)48-46-33-10-6-5-9-31(33)42(53)54)11-16-32(22)45-47-36-34(61(55,56)57)20-25-18-27(12-14-29(25)38(36)49)43-40(51)23-7-3-2-4-8-23/h2-21,45-46H,1H3,(H,43,51)(H,44,52)(H,53,54)(H,55,56,57)(H,58,59,60). The molecule has 20 heteroatoms. The minimum atomic E-state index is -5.05. The number of amides is 2. The van der Waals surface area contributed by atoms with E-state index in [9.17, 15) is 55.0 Å². The Morgan fingerprint density at radius 2 is 1.05 bits per heavy atom. The number of benzene rings is 5. The minimum Gasteiger partial charge on any atom is -0.478 e. The van der Waals surface area contributed by atoms with Crippen LogP contribution in [0.15, 0.2) is 129 Å². The number of rotatable bonds is 11. The Kier molecular flexibility index (Phi) is 11.3. The van der Waals surface area contributed by atoms with Gasteiger partial charge in [0.2, 0.25) is 11.6 Å². The summed E-state index contributed by atoms with van der Waals surface area (Å²) in [5.41, 5.74) is 5.01. The molecule has 2 aliphatic carbocycles. The molecule has 2 amide bonds. The number of aromatic carboxylic acids is 1. The van der Waals surface area contributed by atoms with Gasteiger partial charge in [0.05, 0.1) is 16.9 Å². The summed E-state index contributed by atoms with van der Waals surface area (Å²) < 4.78 is 69.7. The van der Waals surface area contributed by atoms with Gasteiger partial charge in [0.1, 0.15) is 9.81 Å². The molecule has 0 radical (unpaired) electrons. The smallest absolute Gasteiger partial charge is 0.337 e. The van der Waals surface area contributed by atoms with Crippen molar-refractivity contribution in [2.75, 3.05) is 21.5 Å². The zero-order valence-corrected chi connectivity index (χ0v) is 33.4.